The maximum absolute atomic E-state index is 11.0. The van der Waals surface area contributed by atoms with Crippen molar-refractivity contribution in [3.63, 3.8) is 0 Å². The smallest absolute Gasteiger partial charge is 0.322 e. The number of carbonyl (C=O) groups is 1. The molecule has 1 aromatic carbocycles. The molecule has 0 bridgehead atoms. The molecule has 0 aliphatic heterocycles. The minimum absolute atomic E-state index is 0.115. The van der Waals surface area contributed by atoms with Crippen molar-refractivity contribution in [2.24, 2.45) is 0 Å². The zero-order valence-electron chi connectivity index (χ0n) is 11.7. The Hall–Kier alpha value is -1.82. The lowest BCUT2D eigenvalue weighted by atomic mass is 9.84. The van der Waals surface area contributed by atoms with Crippen molar-refractivity contribution < 1.29 is 4.79 Å². The van der Waals surface area contributed by atoms with E-state index in [0.717, 1.165) is 16.7 Å². The molecule has 18 heavy (non-hydrogen) atoms. The van der Waals surface area contributed by atoms with E-state index in [2.05, 4.69) is 38.2 Å². The summed E-state index contributed by atoms with van der Waals surface area (Å²) in [6.07, 6.45) is 0. The molecule has 0 fully saturated rings. The van der Waals surface area contributed by atoms with E-state index in [1.807, 2.05) is 13.8 Å². The average molecular weight is 244 g/mol. The molecule has 0 saturated heterocycles. The second kappa shape index (κ2) is 5.22. The summed E-state index contributed by atoms with van der Waals surface area (Å²) in [6.45, 7) is 11.0. The Morgan fingerprint density at radius 1 is 1.28 bits per heavy atom. The van der Waals surface area contributed by atoms with Crippen LogP contribution in [0, 0.1) is 25.2 Å². The third-order valence-electron chi connectivity index (χ3n) is 3.09. The van der Waals surface area contributed by atoms with Gasteiger partial charge in [-0.05, 0) is 41.5 Å². The van der Waals surface area contributed by atoms with Gasteiger partial charge in [0, 0.05) is 6.54 Å². The largest absolute Gasteiger partial charge is 0.339 e. The molecule has 0 spiro atoms. The number of aryl methyl sites for hydroxylation is 2. The second-order valence-electron chi connectivity index (χ2n) is 5.63. The van der Waals surface area contributed by atoms with Crippen LogP contribution in [0.3, 0.4) is 0 Å². The number of benzene rings is 1. The molecule has 1 rings (SSSR count). The predicted octanol–water partition coefficient (Wildman–Crippen LogP) is 2.74. The molecule has 1 N–H and O–H groups in total. The van der Waals surface area contributed by atoms with E-state index in [1.54, 1.807) is 6.07 Å². The summed E-state index contributed by atoms with van der Waals surface area (Å²) in [6, 6.07) is 5.87. The molecule has 0 aliphatic rings. The summed E-state index contributed by atoms with van der Waals surface area (Å²) in [4.78, 5) is 11.0. The number of nitrogens with zero attached hydrogens (tertiary/aromatic N) is 1. The molecule has 0 heterocycles. The third-order valence-corrected chi connectivity index (χ3v) is 3.09. The lowest BCUT2D eigenvalue weighted by Crippen LogP contribution is -2.22. The van der Waals surface area contributed by atoms with Crippen LogP contribution < -0.4 is 5.32 Å². The van der Waals surface area contributed by atoms with Crippen LogP contribution in [-0.2, 0) is 16.8 Å². The van der Waals surface area contributed by atoms with E-state index < -0.39 is 5.91 Å². The van der Waals surface area contributed by atoms with Crippen molar-refractivity contribution in [3.8, 4) is 6.07 Å². The van der Waals surface area contributed by atoms with Gasteiger partial charge in [-0.15, -0.1) is 0 Å². The first-order chi connectivity index (χ1) is 8.25. The molecule has 3 nitrogen and oxygen atoms in total. The molecular weight excluding hydrogens is 224 g/mol. The zero-order valence-corrected chi connectivity index (χ0v) is 11.7. The van der Waals surface area contributed by atoms with Crippen molar-refractivity contribution in [2.45, 2.75) is 46.6 Å². The van der Waals surface area contributed by atoms with Crippen LogP contribution in [0.5, 0.6) is 0 Å². The lowest BCUT2D eigenvalue weighted by molar-refractivity contribution is -0.116. The molecule has 1 aromatic rings. The Bertz CT molecular complexity index is 481. The van der Waals surface area contributed by atoms with Crippen LogP contribution in [0.4, 0.5) is 0 Å². The molecular formula is C15H20N2O. The van der Waals surface area contributed by atoms with Crippen molar-refractivity contribution in [3.05, 3.63) is 34.4 Å². The highest BCUT2D eigenvalue weighted by Gasteiger charge is 2.16. The quantitative estimate of drug-likeness (QED) is 0.813. The molecule has 0 saturated carbocycles. The summed E-state index contributed by atoms with van der Waals surface area (Å²) in [5.74, 6) is -0.589. The van der Waals surface area contributed by atoms with Gasteiger partial charge in [0.25, 0.3) is 0 Å². The topological polar surface area (TPSA) is 52.9 Å². The van der Waals surface area contributed by atoms with Gasteiger partial charge in [0.1, 0.15) is 0 Å². The first kappa shape index (κ1) is 14.2. The van der Waals surface area contributed by atoms with Crippen molar-refractivity contribution in [2.75, 3.05) is 0 Å². The Morgan fingerprint density at radius 3 is 2.17 bits per heavy atom. The highest BCUT2D eigenvalue weighted by Crippen LogP contribution is 2.26. The minimum Gasteiger partial charge on any atom is -0.339 e. The van der Waals surface area contributed by atoms with E-state index >= 15 is 0 Å². The zero-order chi connectivity index (χ0) is 13.9. The fraction of sp³-hybridized carbons (Fsp3) is 0.467. The van der Waals surface area contributed by atoms with Gasteiger partial charge in [0.15, 0.2) is 6.07 Å². The van der Waals surface area contributed by atoms with E-state index in [0.29, 0.717) is 6.54 Å². The number of hydrogen-bond donors (Lipinski definition) is 1. The number of amides is 1. The molecule has 3 heteroatoms. The monoisotopic (exact) mass is 244 g/mol. The fourth-order valence-corrected chi connectivity index (χ4v) is 1.91. The maximum Gasteiger partial charge on any atom is 0.322 e. The van der Waals surface area contributed by atoms with Gasteiger partial charge in [-0.3, -0.25) is 4.79 Å². The normalized spacial score (nSPS) is 10.9. The Kier molecular flexibility index (Phi) is 4.13. The lowest BCUT2D eigenvalue weighted by Gasteiger charge is -2.22. The van der Waals surface area contributed by atoms with Crippen LogP contribution in [0.15, 0.2) is 12.1 Å². The summed E-state index contributed by atoms with van der Waals surface area (Å²) in [5.41, 5.74) is 4.79. The molecule has 0 aromatic heterocycles. The maximum atomic E-state index is 11.0. The van der Waals surface area contributed by atoms with Crippen LogP contribution >= 0.6 is 0 Å². The molecule has 0 radical (unpaired) electrons. The van der Waals surface area contributed by atoms with Gasteiger partial charge in [-0.2, -0.15) is 5.26 Å². The van der Waals surface area contributed by atoms with Crippen molar-refractivity contribution >= 4 is 5.91 Å². The highest BCUT2D eigenvalue weighted by atomic mass is 16.1. The van der Waals surface area contributed by atoms with Crippen LogP contribution in [-0.4, -0.2) is 5.91 Å². The van der Waals surface area contributed by atoms with Gasteiger partial charge in [-0.1, -0.05) is 32.9 Å². The Labute approximate surface area is 109 Å². The molecule has 0 aliphatic carbocycles. The van der Waals surface area contributed by atoms with Crippen molar-refractivity contribution in [1.29, 1.82) is 5.26 Å². The van der Waals surface area contributed by atoms with Crippen LogP contribution in [0.2, 0.25) is 0 Å². The van der Waals surface area contributed by atoms with Gasteiger partial charge >= 0.3 is 5.91 Å². The minimum atomic E-state index is -0.589. The average Bonchev–Trinajstić information content (AvgIpc) is 2.26. The number of hydrogen-bond acceptors (Lipinski definition) is 2. The number of nitriles is 1. The van der Waals surface area contributed by atoms with Crippen molar-refractivity contribution in [1.82, 2.24) is 5.32 Å². The number of rotatable bonds is 2. The standard InChI is InChI=1S/C15H20N2O/c1-10-6-12(15(3,4)5)7-11(2)13(10)9-17-14(18)8-16/h6-7H,9H2,1-5H3,(H,17,18). The molecule has 96 valence electrons. The highest BCUT2D eigenvalue weighted by molar-refractivity contribution is 5.91. The predicted molar refractivity (Wildman–Crippen MR) is 72.1 cm³/mol. The number of carbonyl (C=O) groups excluding carboxylic acids is 1. The number of nitrogens with one attached hydrogen (secondary N) is 1. The first-order valence-corrected chi connectivity index (χ1v) is 6.04. The SMILES string of the molecule is Cc1cc(C(C)(C)C)cc(C)c1CNC(=O)C#N. The van der Waals surface area contributed by atoms with Crippen LogP contribution in [0.1, 0.15) is 43.0 Å². The first-order valence-electron chi connectivity index (χ1n) is 6.04. The summed E-state index contributed by atoms with van der Waals surface area (Å²) in [5, 5.41) is 11.0. The van der Waals surface area contributed by atoms with Gasteiger partial charge < -0.3 is 5.32 Å². The summed E-state index contributed by atoms with van der Waals surface area (Å²) in [7, 11) is 0. The molecule has 1 amide bonds. The van der Waals surface area contributed by atoms with E-state index in [1.165, 1.54) is 5.56 Å². The van der Waals surface area contributed by atoms with Gasteiger partial charge in [-0.25, -0.2) is 0 Å². The summed E-state index contributed by atoms with van der Waals surface area (Å²) < 4.78 is 0. The van der Waals surface area contributed by atoms with Gasteiger partial charge in [0.2, 0.25) is 0 Å². The third kappa shape index (κ3) is 3.33. The Balaban J connectivity index is 3.03. The van der Waals surface area contributed by atoms with E-state index in [-0.39, 0.29) is 5.41 Å². The molecule has 0 unspecified atom stereocenters. The molecule has 0 atom stereocenters. The fourth-order valence-electron chi connectivity index (χ4n) is 1.91. The second-order valence-corrected chi connectivity index (χ2v) is 5.63. The summed E-state index contributed by atoms with van der Waals surface area (Å²) >= 11 is 0. The van der Waals surface area contributed by atoms with E-state index in [4.69, 9.17) is 5.26 Å². The van der Waals surface area contributed by atoms with Crippen LogP contribution in [0.25, 0.3) is 0 Å². The van der Waals surface area contributed by atoms with E-state index in [9.17, 15) is 4.79 Å². The van der Waals surface area contributed by atoms with Gasteiger partial charge in [0.05, 0.1) is 0 Å². The Morgan fingerprint density at radius 2 is 1.78 bits per heavy atom.